The van der Waals surface area contributed by atoms with Crippen molar-refractivity contribution < 1.29 is 32.2 Å². The second-order valence-corrected chi connectivity index (χ2v) is 7.89. The van der Waals surface area contributed by atoms with Gasteiger partial charge in [0.25, 0.3) is 11.8 Å². The van der Waals surface area contributed by atoms with Crippen LogP contribution < -0.4 is 19.5 Å². The van der Waals surface area contributed by atoms with E-state index in [0.717, 1.165) is 28.8 Å². The molecule has 0 aliphatic carbocycles. The fourth-order valence-corrected chi connectivity index (χ4v) is 3.66. The molecule has 0 bridgehead atoms. The normalized spacial score (nSPS) is 12.9. The summed E-state index contributed by atoms with van der Waals surface area (Å²) in [6.45, 7) is 4.82. The standard InChI is InChI=1S/C25H23F3N2O4/c1-15-6-7-17(16(2)12-15)8-9-29-23(31)21-20(14-30-24-22(21)32-10-11-33-24)34-19-5-3-4-18(13-19)25(26,27)28/h3-7,12-14H,8-11H2,1-2H3,(H,29,31). The SMILES string of the molecule is Cc1ccc(CCNC(=O)c2c(Oc3cccc(C(F)(F)F)c3)cnc3c2OCCO3)c(C)c1. The van der Waals surface area contributed by atoms with Crippen molar-refractivity contribution in [1.29, 1.82) is 0 Å². The van der Waals surface area contributed by atoms with Gasteiger partial charge in [0.05, 0.1) is 11.8 Å². The number of aromatic nitrogens is 1. The maximum Gasteiger partial charge on any atom is 0.416 e. The lowest BCUT2D eigenvalue weighted by Gasteiger charge is -2.21. The minimum absolute atomic E-state index is 0.0164. The highest BCUT2D eigenvalue weighted by molar-refractivity contribution is 6.00. The van der Waals surface area contributed by atoms with Crippen LogP contribution >= 0.6 is 0 Å². The van der Waals surface area contributed by atoms with Crippen LogP contribution in [0.15, 0.2) is 48.7 Å². The Morgan fingerprint density at radius 3 is 2.68 bits per heavy atom. The quantitative estimate of drug-likeness (QED) is 0.531. The topological polar surface area (TPSA) is 69.7 Å². The van der Waals surface area contributed by atoms with Gasteiger partial charge in [-0.25, -0.2) is 4.98 Å². The van der Waals surface area contributed by atoms with Crippen LogP contribution in [0.5, 0.6) is 23.1 Å². The molecule has 1 aliphatic rings. The summed E-state index contributed by atoms with van der Waals surface area (Å²) in [5.74, 6) is -0.400. The first-order valence-corrected chi connectivity index (χ1v) is 10.7. The number of halogens is 3. The smallest absolute Gasteiger partial charge is 0.416 e. The summed E-state index contributed by atoms with van der Waals surface area (Å²) in [6, 6.07) is 10.5. The van der Waals surface area contributed by atoms with Crippen LogP contribution in [0.1, 0.15) is 32.6 Å². The highest BCUT2D eigenvalue weighted by Gasteiger charge is 2.31. The molecule has 9 heteroatoms. The Morgan fingerprint density at radius 2 is 1.91 bits per heavy atom. The number of aryl methyl sites for hydroxylation is 2. The van der Waals surface area contributed by atoms with Crippen LogP contribution in [0, 0.1) is 13.8 Å². The molecule has 3 aromatic rings. The minimum atomic E-state index is -4.53. The van der Waals surface area contributed by atoms with Crippen molar-refractivity contribution >= 4 is 5.91 Å². The van der Waals surface area contributed by atoms with Gasteiger partial charge in [-0.2, -0.15) is 13.2 Å². The lowest BCUT2D eigenvalue weighted by Crippen LogP contribution is -2.28. The second-order valence-electron chi connectivity index (χ2n) is 7.89. The third kappa shape index (κ3) is 5.24. The lowest BCUT2D eigenvalue weighted by molar-refractivity contribution is -0.137. The third-order valence-electron chi connectivity index (χ3n) is 5.33. The van der Waals surface area contributed by atoms with E-state index in [9.17, 15) is 18.0 Å². The van der Waals surface area contributed by atoms with Crippen molar-refractivity contribution in [3.63, 3.8) is 0 Å². The summed E-state index contributed by atoms with van der Waals surface area (Å²) in [6.07, 6.45) is -2.68. The number of nitrogens with one attached hydrogen (secondary N) is 1. The third-order valence-corrected chi connectivity index (χ3v) is 5.33. The fraction of sp³-hybridized carbons (Fsp3) is 0.280. The number of alkyl halides is 3. The largest absolute Gasteiger partial charge is 0.484 e. The van der Waals surface area contributed by atoms with E-state index in [0.29, 0.717) is 13.0 Å². The monoisotopic (exact) mass is 472 g/mol. The summed E-state index contributed by atoms with van der Waals surface area (Å²) in [5.41, 5.74) is 2.53. The van der Waals surface area contributed by atoms with E-state index in [-0.39, 0.29) is 41.9 Å². The molecule has 0 unspecified atom stereocenters. The van der Waals surface area contributed by atoms with Crippen LogP contribution in [0.3, 0.4) is 0 Å². The van der Waals surface area contributed by atoms with Crippen LogP contribution in [0.4, 0.5) is 13.2 Å². The number of benzene rings is 2. The summed E-state index contributed by atoms with van der Waals surface area (Å²) in [4.78, 5) is 17.3. The molecule has 178 valence electrons. The number of amides is 1. The van der Waals surface area contributed by atoms with Crippen LogP contribution in [0.25, 0.3) is 0 Å². The van der Waals surface area contributed by atoms with Crippen molar-refractivity contribution in [3.05, 3.63) is 76.5 Å². The van der Waals surface area contributed by atoms with E-state index in [1.165, 1.54) is 18.3 Å². The number of carbonyl (C=O) groups excluding carboxylic acids is 1. The summed E-state index contributed by atoms with van der Waals surface area (Å²) >= 11 is 0. The number of fused-ring (bicyclic) bond motifs is 1. The van der Waals surface area contributed by atoms with Gasteiger partial charge in [-0.1, -0.05) is 29.8 Å². The van der Waals surface area contributed by atoms with Crippen LogP contribution in [-0.2, 0) is 12.6 Å². The van der Waals surface area contributed by atoms with Crippen molar-refractivity contribution in [2.24, 2.45) is 0 Å². The first-order valence-electron chi connectivity index (χ1n) is 10.7. The number of ether oxygens (including phenoxy) is 3. The highest BCUT2D eigenvalue weighted by atomic mass is 19.4. The average Bonchev–Trinajstić information content (AvgIpc) is 2.80. The molecule has 1 N–H and O–H groups in total. The van der Waals surface area contributed by atoms with Gasteiger partial charge in [0.15, 0.2) is 11.5 Å². The van der Waals surface area contributed by atoms with Crippen LogP contribution in [-0.4, -0.2) is 30.6 Å². The van der Waals surface area contributed by atoms with Gasteiger partial charge >= 0.3 is 6.18 Å². The van der Waals surface area contributed by atoms with Crippen molar-refractivity contribution in [2.45, 2.75) is 26.4 Å². The first kappa shape index (κ1) is 23.4. The fourth-order valence-electron chi connectivity index (χ4n) is 3.66. The zero-order valence-corrected chi connectivity index (χ0v) is 18.7. The Hall–Kier alpha value is -3.75. The molecule has 0 saturated heterocycles. The number of hydrogen-bond donors (Lipinski definition) is 1. The van der Waals surface area contributed by atoms with Gasteiger partial charge in [-0.15, -0.1) is 0 Å². The molecule has 1 aromatic heterocycles. The molecule has 0 fully saturated rings. The van der Waals surface area contributed by atoms with Gasteiger partial charge in [0.1, 0.15) is 24.5 Å². The predicted octanol–water partition coefficient (Wildman–Crippen LogP) is 5.25. The molecule has 34 heavy (non-hydrogen) atoms. The van der Waals surface area contributed by atoms with Crippen molar-refractivity contribution in [1.82, 2.24) is 10.3 Å². The van der Waals surface area contributed by atoms with E-state index in [2.05, 4.69) is 16.4 Å². The van der Waals surface area contributed by atoms with Crippen molar-refractivity contribution in [3.8, 4) is 23.1 Å². The first-order chi connectivity index (χ1) is 16.2. The number of nitrogens with zero attached hydrogens (tertiary/aromatic N) is 1. The molecule has 0 saturated carbocycles. The number of pyridine rings is 1. The van der Waals surface area contributed by atoms with Crippen LogP contribution in [0.2, 0.25) is 0 Å². The van der Waals surface area contributed by atoms with Gasteiger partial charge in [0.2, 0.25) is 0 Å². The summed E-state index contributed by atoms with van der Waals surface area (Å²) < 4.78 is 56.1. The van der Waals surface area contributed by atoms with E-state index in [4.69, 9.17) is 14.2 Å². The maximum atomic E-state index is 13.1. The molecule has 2 aromatic carbocycles. The van der Waals surface area contributed by atoms with Crippen molar-refractivity contribution in [2.75, 3.05) is 19.8 Å². The predicted molar refractivity (Wildman–Crippen MR) is 119 cm³/mol. The Balaban J connectivity index is 1.58. The second kappa shape index (κ2) is 9.62. The van der Waals surface area contributed by atoms with E-state index in [1.807, 2.05) is 26.0 Å². The Morgan fingerprint density at radius 1 is 1.12 bits per heavy atom. The molecular formula is C25H23F3N2O4. The minimum Gasteiger partial charge on any atom is -0.484 e. The molecule has 0 radical (unpaired) electrons. The zero-order valence-electron chi connectivity index (χ0n) is 18.7. The zero-order chi connectivity index (χ0) is 24.3. The van der Waals surface area contributed by atoms with Gasteiger partial charge < -0.3 is 19.5 Å². The summed E-state index contributed by atoms with van der Waals surface area (Å²) in [7, 11) is 0. The molecular weight excluding hydrogens is 449 g/mol. The Labute approximate surface area is 194 Å². The van der Waals surface area contributed by atoms with Gasteiger partial charge in [0, 0.05) is 6.54 Å². The molecule has 2 heterocycles. The van der Waals surface area contributed by atoms with E-state index >= 15 is 0 Å². The lowest BCUT2D eigenvalue weighted by atomic mass is 10.0. The molecule has 1 amide bonds. The number of carbonyl (C=O) groups is 1. The molecule has 0 atom stereocenters. The Bertz CT molecular complexity index is 1210. The number of hydrogen-bond acceptors (Lipinski definition) is 5. The summed E-state index contributed by atoms with van der Waals surface area (Å²) in [5, 5.41) is 2.84. The average molecular weight is 472 g/mol. The Kier molecular flexibility index (Phi) is 6.63. The molecule has 6 nitrogen and oxygen atoms in total. The molecule has 4 rings (SSSR count). The van der Waals surface area contributed by atoms with E-state index < -0.39 is 17.6 Å². The number of rotatable bonds is 6. The van der Waals surface area contributed by atoms with Gasteiger partial charge in [-0.3, -0.25) is 4.79 Å². The maximum absolute atomic E-state index is 13.1. The highest BCUT2D eigenvalue weighted by Crippen LogP contribution is 2.40. The van der Waals surface area contributed by atoms with Gasteiger partial charge in [-0.05, 0) is 49.6 Å². The molecule has 1 aliphatic heterocycles. The van der Waals surface area contributed by atoms with E-state index in [1.54, 1.807) is 0 Å². The molecule has 0 spiro atoms.